The van der Waals surface area contributed by atoms with Gasteiger partial charge in [-0.25, -0.2) is 14.5 Å². The highest BCUT2D eigenvalue weighted by atomic mass is 17.9. The minimum Gasteiger partial charge on any atom is -0.486 e. The highest BCUT2D eigenvalue weighted by Crippen LogP contribution is 1.97. The molecule has 0 rings (SSSR count). The molecule has 0 aliphatic heterocycles. The van der Waals surface area contributed by atoms with E-state index in [0.717, 1.165) is 12.5 Å². The fourth-order valence-electron chi connectivity index (χ4n) is 1.35. The Labute approximate surface area is 198 Å². The molecule has 0 saturated heterocycles. The Morgan fingerprint density at radius 3 is 1.63 bits per heavy atom. The van der Waals surface area contributed by atoms with Crippen molar-refractivity contribution < 1.29 is 83.7 Å². The van der Waals surface area contributed by atoms with E-state index >= 15 is 0 Å². The second-order valence-electron chi connectivity index (χ2n) is 5.02. The average molecular weight is 512 g/mol. The summed E-state index contributed by atoms with van der Waals surface area (Å²) in [7, 11) is 0. The third kappa shape index (κ3) is 21.1. The lowest BCUT2D eigenvalue weighted by Crippen LogP contribution is -2.19. The zero-order chi connectivity index (χ0) is 26.0. The van der Waals surface area contributed by atoms with Crippen LogP contribution in [-0.2, 0) is 83.7 Å². The summed E-state index contributed by atoms with van der Waals surface area (Å²) >= 11 is 0. The van der Waals surface area contributed by atoms with Crippen LogP contribution in [0.3, 0.4) is 0 Å². The van der Waals surface area contributed by atoms with Crippen molar-refractivity contribution in [2.45, 2.75) is 12.2 Å². The molecular weight excluding hydrogens is 488 g/mol. The number of hydrogen-bond acceptors (Lipinski definition) is 17. The standard InChI is InChI=1S/C18H24O17/c1-5-15(6-2)25-17(19)13-21-9-11-23-27-29-31-33-35-34-32-30-28-24-12-10-22-14-18(20)26-16(7-3)8-4/h5-9,11,15-16H,1-4,10,12-14H2. The summed E-state index contributed by atoms with van der Waals surface area (Å²) < 4.78 is 19.4. The highest BCUT2D eigenvalue weighted by molar-refractivity contribution is 5.71. The summed E-state index contributed by atoms with van der Waals surface area (Å²) in [5.74, 6) is -1.31. The molecule has 0 unspecified atom stereocenters. The van der Waals surface area contributed by atoms with Gasteiger partial charge in [-0.2, -0.15) is 0 Å². The summed E-state index contributed by atoms with van der Waals surface area (Å²) in [6, 6.07) is 0. The minimum absolute atomic E-state index is 0.0568. The maximum absolute atomic E-state index is 11.3. The number of carbonyl (C=O) groups excluding carboxylic acids is 2. The molecular formula is C18H24O17. The Hall–Kier alpha value is -3.20. The van der Waals surface area contributed by atoms with Crippen LogP contribution in [0.2, 0.25) is 0 Å². The van der Waals surface area contributed by atoms with E-state index in [1.807, 2.05) is 0 Å². The van der Waals surface area contributed by atoms with Crippen LogP contribution in [0.4, 0.5) is 0 Å². The molecule has 0 aromatic carbocycles. The summed E-state index contributed by atoms with van der Waals surface area (Å²) in [6.45, 7) is 12.8. The smallest absolute Gasteiger partial charge is 0.345 e. The van der Waals surface area contributed by atoms with Crippen LogP contribution in [0.1, 0.15) is 0 Å². The van der Waals surface area contributed by atoms with Gasteiger partial charge in [0.15, 0.2) is 12.9 Å². The molecule has 0 aliphatic rings. The summed E-state index contributed by atoms with van der Waals surface area (Å²) in [5, 5.41) is 34.2. The van der Waals surface area contributed by atoms with Gasteiger partial charge >= 0.3 is 11.9 Å². The molecule has 0 heterocycles. The molecule has 0 aromatic rings. The molecule has 0 fully saturated rings. The van der Waals surface area contributed by atoms with E-state index in [2.05, 4.69) is 81.4 Å². The van der Waals surface area contributed by atoms with E-state index in [1.165, 1.54) is 24.3 Å². The van der Waals surface area contributed by atoms with Crippen LogP contribution in [0, 0.1) is 0 Å². The van der Waals surface area contributed by atoms with Gasteiger partial charge in [-0.05, 0) is 44.5 Å². The summed E-state index contributed by atoms with van der Waals surface area (Å²) in [5.41, 5.74) is 0. The molecule has 35 heavy (non-hydrogen) atoms. The Kier molecular flexibility index (Phi) is 21.8. The predicted molar refractivity (Wildman–Crippen MR) is 103 cm³/mol. The van der Waals surface area contributed by atoms with E-state index in [9.17, 15) is 9.59 Å². The second-order valence-corrected chi connectivity index (χ2v) is 5.02. The topological polar surface area (TPSA) is 173 Å². The van der Waals surface area contributed by atoms with Crippen molar-refractivity contribution in [2.24, 2.45) is 0 Å². The van der Waals surface area contributed by atoms with Crippen LogP contribution in [-0.4, -0.2) is 50.6 Å². The lowest BCUT2D eigenvalue weighted by molar-refractivity contribution is -0.853. The zero-order valence-electron chi connectivity index (χ0n) is 18.2. The van der Waals surface area contributed by atoms with Crippen LogP contribution in [0.5, 0.6) is 0 Å². The number of rotatable bonds is 25. The van der Waals surface area contributed by atoms with Crippen LogP contribution < -0.4 is 0 Å². The monoisotopic (exact) mass is 512 g/mol. The first-order chi connectivity index (χ1) is 17.1. The molecule has 0 amide bonds. The van der Waals surface area contributed by atoms with Gasteiger partial charge in [0.05, 0.1) is 6.61 Å². The molecule has 198 valence electrons. The first kappa shape index (κ1) is 31.8. The van der Waals surface area contributed by atoms with Crippen molar-refractivity contribution in [2.75, 3.05) is 26.4 Å². The largest absolute Gasteiger partial charge is 0.486 e. The van der Waals surface area contributed by atoms with E-state index in [-0.39, 0.29) is 19.8 Å². The fourth-order valence-corrected chi connectivity index (χ4v) is 1.35. The average Bonchev–Trinajstić information content (AvgIpc) is 2.87. The molecule has 0 atom stereocenters. The molecule has 0 spiro atoms. The van der Waals surface area contributed by atoms with Crippen LogP contribution in [0.25, 0.3) is 0 Å². The van der Waals surface area contributed by atoms with Crippen molar-refractivity contribution >= 4 is 11.9 Å². The molecule has 17 nitrogen and oxygen atoms in total. The molecule has 17 heteroatoms. The quantitative estimate of drug-likeness (QED) is 0.0428. The van der Waals surface area contributed by atoms with Crippen molar-refractivity contribution in [3.8, 4) is 0 Å². The van der Waals surface area contributed by atoms with Crippen molar-refractivity contribution in [1.29, 1.82) is 0 Å². The molecule has 0 bridgehead atoms. The van der Waals surface area contributed by atoms with Gasteiger partial charge in [-0.1, -0.05) is 26.3 Å². The Morgan fingerprint density at radius 1 is 0.600 bits per heavy atom. The SMILES string of the molecule is C=CC(C=C)OC(=O)COC=COOOOOOOOOOOCCOCC(=O)OC(C=C)C=C. The predicted octanol–water partition coefficient (Wildman–Crippen LogP) is 1.39. The van der Waals surface area contributed by atoms with Gasteiger partial charge < -0.3 is 23.8 Å². The number of esters is 2. The second kappa shape index (κ2) is 23.9. The number of ether oxygens (including phenoxy) is 4. The Morgan fingerprint density at radius 2 is 1.09 bits per heavy atom. The molecule has 0 aromatic heterocycles. The molecule has 0 saturated carbocycles. The number of hydrogen-bond donors (Lipinski definition) is 0. The maximum Gasteiger partial charge on any atom is 0.345 e. The van der Waals surface area contributed by atoms with Crippen molar-refractivity contribution in [1.82, 2.24) is 0 Å². The van der Waals surface area contributed by atoms with E-state index in [1.54, 1.807) is 0 Å². The van der Waals surface area contributed by atoms with Crippen LogP contribution >= 0.6 is 0 Å². The first-order valence-electron chi connectivity index (χ1n) is 9.09. The van der Waals surface area contributed by atoms with Gasteiger partial charge in [0, 0.05) is 25.2 Å². The maximum atomic E-state index is 11.3. The summed E-state index contributed by atoms with van der Waals surface area (Å²) in [6.07, 6.45) is 6.04. The van der Waals surface area contributed by atoms with Crippen LogP contribution in [0.15, 0.2) is 63.1 Å². The lowest BCUT2D eigenvalue weighted by Gasteiger charge is -2.09. The molecule has 0 radical (unpaired) electrons. The normalized spacial score (nSPS) is 10.8. The minimum atomic E-state index is -0.677. The van der Waals surface area contributed by atoms with E-state index in [4.69, 9.17) is 18.9 Å². The third-order valence-corrected chi connectivity index (χ3v) is 2.71. The van der Waals surface area contributed by atoms with Crippen molar-refractivity contribution in [3.63, 3.8) is 0 Å². The first-order valence-corrected chi connectivity index (χ1v) is 9.09. The van der Waals surface area contributed by atoms with Gasteiger partial charge in [0.2, 0.25) is 0 Å². The third-order valence-electron chi connectivity index (χ3n) is 2.71. The van der Waals surface area contributed by atoms with Gasteiger partial charge in [-0.3, -0.25) is 0 Å². The van der Waals surface area contributed by atoms with E-state index < -0.39 is 30.8 Å². The Bertz CT molecular complexity index is 621. The fraction of sp³-hybridized carbons (Fsp3) is 0.333. The lowest BCUT2D eigenvalue weighted by atomic mass is 10.3. The van der Waals surface area contributed by atoms with E-state index in [0.29, 0.717) is 0 Å². The van der Waals surface area contributed by atoms with Crippen molar-refractivity contribution in [3.05, 3.63) is 63.1 Å². The van der Waals surface area contributed by atoms with Gasteiger partial charge in [0.25, 0.3) is 0 Å². The van der Waals surface area contributed by atoms with Gasteiger partial charge in [0.1, 0.15) is 31.7 Å². The molecule has 0 aliphatic carbocycles. The highest BCUT2D eigenvalue weighted by Gasteiger charge is 2.08. The van der Waals surface area contributed by atoms with Gasteiger partial charge in [-0.15, -0.1) is 0 Å². The number of carbonyl (C=O) groups is 2. The zero-order valence-corrected chi connectivity index (χ0v) is 18.2. The summed E-state index contributed by atoms with van der Waals surface area (Å²) in [4.78, 5) is 31.3. The Balaban J connectivity index is 3.34. The molecule has 0 N–H and O–H groups in total.